The lowest BCUT2D eigenvalue weighted by Crippen LogP contribution is -1.84. The van der Waals surface area contributed by atoms with Crippen molar-refractivity contribution in [3.63, 3.8) is 0 Å². The van der Waals surface area contributed by atoms with Crippen LogP contribution in [-0.4, -0.2) is 20.2 Å². The molecule has 2 heterocycles. The minimum absolute atomic E-state index is 0.685. The zero-order valence-corrected chi connectivity index (χ0v) is 11.0. The number of benzene rings is 1. The SMILES string of the molecule is CC.c1ccc(-c2n[nH]c(-c3ccccn3)n2)cc1. The standard InChI is InChI=1S/C13H10N4.C2H6/c1-2-6-10(7-3-1)12-15-13(17-16-12)11-8-4-5-9-14-11;1-2/h1-9H,(H,15,16,17);1-2H3. The van der Waals surface area contributed by atoms with Crippen LogP contribution in [0.2, 0.25) is 0 Å². The summed E-state index contributed by atoms with van der Waals surface area (Å²) in [4.78, 5) is 8.64. The molecule has 1 N–H and O–H groups in total. The molecule has 19 heavy (non-hydrogen) atoms. The van der Waals surface area contributed by atoms with Crippen LogP contribution in [0.5, 0.6) is 0 Å². The van der Waals surface area contributed by atoms with E-state index in [9.17, 15) is 0 Å². The Bertz CT molecular complexity index is 548. The highest BCUT2D eigenvalue weighted by atomic mass is 15.2. The lowest BCUT2D eigenvalue weighted by atomic mass is 10.2. The molecule has 0 aliphatic rings. The number of pyridine rings is 1. The van der Waals surface area contributed by atoms with Gasteiger partial charge in [0.25, 0.3) is 0 Å². The van der Waals surface area contributed by atoms with Crippen LogP contribution in [0.3, 0.4) is 0 Å². The van der Waals surface area contributed by atoms with Crippen molar-refractivity contribution in [2.45, 2.75) is 13.8 Å². The number of hydrogen-bond donors (Lipinski definition) is 1. The van der Waals surface area contributed by atoms with Gasteiger partial charge in [0, 0.05) is 11.8 Å². The lowest BCUT2D eigenvalue weighted by Gasteiger charge is -1.93. The second-order valence-electron chi connectivity index (χ2n) is 3.59. The molecule has 0 atom stereocenters. The number of hydrogen-bond acceptors (Lipinski definition) is 3. The molecule has 4 nitrogen and oxygen atoms in total. The molecule has 0 bridgehead atoms. The molecule has 1 aromatic carbocycles. The van der Waals surface area contributed by atoms with Gasteiger partial charge in [-0.3, -0.25) is 10.1 Å². The molecule has 0 fully saturated rings. The summed E-state index contributed by atoms with van der Waals surface area (Å²) < 4.78 is 0. The minimum atomic E-state index is 0.685. The summed E-state index contributed by atoms with van der Waals surface area (Å²) in [5.74, 6) is 1.37. The fraction of sp³-hybridized carbons (Fsp3) is 0.133. The average molecular weight is 252 g/mol. The van der Waals surface area contributed by atoms with Crippen molar-refractivity contribution in [1.29, 1.82) is 0 Å². The van der Waals surface area contributed by atoms with Gasteiger partial charge in [0.2, 0.25) is 0 Å². The zero-order chi connectivity index (χ0) is 13.5. The predicted molar refractivity (Wildman–Crippen MR) is 76.4 cm³/mol. The maximum atomic E-state index is 4.42. The molecule has 0 aliphatic heterocycles. The van der Waals surface area contributed by atoms with Gasteiger partial charge in [-0.2, -0.15) is 5.10 Å². The number of nitrogens with one attached hydrogen (secondary N) is 1. The fourth-order valence-electron chi connectivity index (χ4n) is 1.60. The molecule has 4 heteroatoms. The first-order chi connectivity index (χ1) is 9.43. The second kappa shape index (κ2) is 6.44. The molecular formula is C15H16N4. The molecule has 96 valence electrons. The van der Waals surface area contributed by atoms with E-state index in [4.69, 9.17) is 0 Å². The van der Waals surface area contributed by atoms with Crippen LogP contribution in [0.15, 0.2) is 54.7 Å². The van der Waals surface area contributed by atoms with E-state index in [-0.39, 0.29) is 0 Å². The Morgan fingerprint density at radius 2 is 1.63 bits per heavy atom. The Labute approximate surface area is 112 Å². The Hall–Kier alpha value is -2.49. The topological polar surface area (TPSA) is 54.5 Å². The van der Waals surface area contributed by atoms with Crippen LogP contribution in [0.4, 0.5) is 0 Å². The summed E-state index contributed by atoms with van der Waals surface area (Å²) in [5.41, 5.74) is 1.79. The molecule has 2 aromatic heterocycles. The monoisotopic (exact) mass is 252 g/mol. The molecule has 0 radical (unpaired) electrons. The summed E-state index contributed by atoms with van der Waals surface area (Å²) >= 11 is 0. The maximum Gasteiger partial charge on any atom is 0.181 e. The first kappa shape index (κ1) is 13.0. The predicted octanol–water partition coefficient (Wildman–Crippen LogP) is 3.56. The Balaban J connectivity index is 0.000000637. The normalized spacial score (nSPS) is 9.58. The molecule has 0 unspecified atom stereocenters. The molecule has 3 aromatic rings. The van der Waals surface area contributed by atoms with Gasteiger partial charge in [-0.15, -0.1) is 0 Å². The highest BCUT2D eigenvalue weighted by Crippen LogP contribution is 2.17. The van der Waals surface area contributed by atoms with Crippen molar-refractivity contribution in [2.75, 3.05) is 0 Å². The summed E-state index contributed by atoms with van der Waals surface area (Å²) in [6.07, 6.45) is 1.74. The molecular weight excluding hydrogens is 236 g/mol. The number of aromatic amines is 1. The van der Waals surface area contributed by atoms with Crippen molar-refractivity contribution in [3.8, 4) is 22.9 Å². The summed E-state index contributed by atoms with van der Waals surface area (Å²) in [6.45, 7) is 4.00. The van der Waals surface area contributed by atoms with Crippen molar-refractivity contribution in [3.05, 3.63) is 54.7 Å². The van der Waals surface area contributed by atoms with Crippen molar-refractivity contribution in [1.82, 2.24) is 20.2 Å². The van der Waals surface area contributed by atoms with Gasteiger partial charge < -0.3 is 0 Å². The summed E-state index contributed by atoms with van der Waals surface area (Å²) in [7, 11) is 0. The van der Waals surface area contributed by atoms with Gasteiger partial charge in [-0.05, 0) is 12.1 Å². The van der Waals surface area contributed by atoms with E-state index in [2.05, 4.69) is 20.2 Å². The van der Waals surface area contributed by atoms with E-state index < -0.39 is 0 Å². The van der Waals surface area contributed by atoms with Gasteiger partial charge in [-0.25, -0.2) is 4.98 Å². The number of rotatable bonds is 2. The van der Waals surface area contributed by atoms with Crippen LogP contribution in [0, 0.1) is 0 Å². The molecule has 0 saturated carbocycles. The lowest BCUT2D eigenvalue weighted by molar-refractivity contribution is 1.09. The Morgan fingerprint density at radius 1 is 0.895 bits per heavy atom. The van der Waals surface area contributed by atoms with E-state index in [1.807, 2.05) is 62.4 Å². The van der Waals surface area contributed by atoms with Crippen LogP contribution < -0.4 is 0 Å². The van der Waals surface area contributed by atoms with E-state index in [1.54, 1.807) is 6.20 Å². The third-order valence-electron chi connectivity index (χ3n) is 2.42. The van der Waals surface area contributed by atoms with Gasteiger partial charge >= 0.3 is 0 Å². The van der Waals surface area contributed by atoms with Gasteiger partial charge in [0.1, 0.15) is 5.69 Å². The summed E-state index contributed by atoms with van der Waals surface area (Å²) in [5, 5.41) is 7.08. The van der Waals surface area contributed by atoms with Crippen molar-refractivity contribution >= 4 is 0 Å². The third-order valence-corrected chi connectivity index (χ3v) is 2.42. The summed E-state index contributed by atoms with van der Waals surface area (Å²) in [6, 6.07) is 15.5. The smallest absolute Gasteiger partial charge is 0.181 e. The average Bonchev–Trinajstić information content (AvgIpc) is 3.01. The zero-order valence-electron chi connectivity index (χ0n) is 11.0. The molecule has 0 saturated heterocycles. The quantitative estimate of drug-likeness (QED) is 0.758. The van der Waals surface area contributed by atoms with Crippen LogP contribution in [0.1, 0.15) is 13.8 Å². The van der Waals surface area contributed by atoms with E-state index >= 15 is 0 Å². The number of H-pyrrole nitrogens is 1. The third kappa shape index (κ3) is 3.04. The molecule has 0 aliphatic carbocycles. The number of nitrogens with zero attached hydrogens (tertiary/aromatic N) is 3. The Morgan fingerprint density at radius 3 is 2.32 bits per heavy atom. The molecule has 0 spiro atoms. The fourth-order valence-corrected chi connectivity index (χ4v) is 1.60. The van der Waals surface area contributed by atoms with Gasteiger partial charge in [-0.1, -0.05) is 50.2 Å². The first-order valence-electron chi connectivity index (χ1n) is 6.33. The van der Waals surface area contributed by atoms with Gasteiger partial charge in [0.15, 0.2) is 11.6 Å². The van der Waals surface area contributed by atoms with Gasteiger partial charge in [0.05, 0.1) is 0 Å². The maximum absolute atomic E-state index is 4.42. The van der Waals surface area contributed by atoms with Crippen molar-refractivity contribution in [2.24, 2.45) is 0 Å². The number of aromatic nitrogens is 4. The largest absolute Gasteiger partial charge is 0.257 e. The van der Waals surface area contributed by atoms with E-state index in [1.165, 1.54) is 0 Å². The van der Waals surface area contributed by atoms with Crippen LogP contribution >= 0.6 is 0 Å². The Kier molecular flexibility index (Phi) is 4.39. The van der Waals surface area contributed by atoms with E-state index in [0.717, 1.165) is 11.3 Å². The highest BCUT2D eigenvalue weighted by Gasteiger charge is 2.07. The highest BCUT2D eigenvalue weighted by molar-refractivity contribution is 5.58. The first-order valence-corrected chi connectivity index (χ1v) is 6.33. The molecule has 3 rings (SSSR count). The van der Waals surface area contributed by atoms with Crippen LogP contribution in [0.25, 0.3) is 22.9 Å². The van der Waals surface area contributed by atoms with Crippen LogP contribution in [-0.2, 0) is 0 Å². The van der Waals surface area contributed by atoms with E-state index in [0.29, 0.717) is 11.6 Å². The van der Waals surface area contributed by atoms with Crippen molar-refractivity contribution < 1.29 is 0 Å². The minimum Gasteiger partial charge on any atom is -0.257 e. The second-order valence-corrected chi connectivity index (χ2v) is 3.59. The molecule has 0 amide bonds.